The van der Waals surface area contributed by atoms with Crippen LogP contribution < -0.4 is 5.32 Å². The van der Waals surface area contributed by atoms with E-state index in [1.807, 2.05) is 24.3 Å². The summed E-state index contributed by atoms with van der Waals surface area (Å²) >= 11 is 3.38. The highest BCUT2D eigenvalue weighted by atomic mass is 79.9. The quantitative estimate of drug-likeness (QED) is 0.816. The Labute approximate surface area is 143 Å². The minimum atomic E-state index is -0.301. The van der Waals surface area contributed by atoms with E-state index in [4.69, 9.17) is 0 Å². The van der Waals surface area contributed by atoms with Gasteiger partial charge >= 0.3 is 0 Å². The molecule has 0 radical (unpaired) electrons. The Kier molecular flexibility index (Phi) is 4.80. The molecule has 1 saturated heterocycles. The SMILES string of the molecule is O=C(CN1C(=O)C2CCCCC2C1=O)NCc1cccc(Br)c1. The number of halogens is 1. The molecule has 3 amide bonds. The molecule has 2 atom stereocenters. The first kappa shape index (κ1) is 16.2. The maximum Gasteiger partial charge on any atom is 0.240 e. The second kappa shape index (κ2) is 6.83. The Bertz CT molecular complexity index is 622. The van der Waals surface area contributed by atoms with E-state index in [1.165, 1.54) is 0 Å². The number of fused-ring (bicyclic) bond motifs is 1. The first-order valence-electron chi connectivity index (χ1n) is 7.92. The largest absolute Gasteiger partial charge is 0.350 e. The zero-order valence-electron chi connectivity index (χ0n) is 12.8. The molecule has 122 valence electrons. The van der Waals surface area contributed by atoms with Gasteiger partial charge in [0.2, 0.25) is 17.7 Å². The molecule has 1 heterocycles. The number of carbonyl (C=O) groups excluding carboxylic acids is 3. The van der Waals surface area contributed by atoms with Crippen LogP contribution in [-0.4, -0.2) is 29.2 Å². The van der Waals surface area contributed by atoms with Crippen LogP contribution in [0.2, 0.25) is 0 Å². The summed E-state index contributed by atoms with van der Waals surface area (Å²) in [4.78, 5) is 37.9. The molecular formula is C17H19BrN2O3. The molecule has 1 saturated carbocycles. The van der Waals surface area contributed by atoms with Crippen molar-refractivity contribution >= 4 is 33.7 Å². The first-order valence-corrected chi connectivity index (χ1v) is 8.72. The molecule has 0 aromatic heterocycles. The number of carbonyl (C=O) groups is 3. The van der Waals surface area contributed by atoms with E-state index in [9.17, 15) is 14.4 Å². The Morgan fingerprint density at radius 2 is 1.83 bits per heavy atom. The Morgan fingerprint density at radius 1 is 1.17 bits per heavy atom. The van der Waals surface area contributed by atoms with Crippen LogP contribution in [0.3, 0.4) is 0 Å². The third-order valence-corrected chi connectivity index (χ3v) is 5.11. The highest BCUT2D eigenvalue weighted by molar-refractivity contribution is 9.10. The Balaban J connectivity index is 1.57. The molecule has 2 fully saturated rings. The average molecular weight is 379 g/mol. The van der Waals surface area contributed by atoms with Crippen LogP contribution in [0.25, 0.3) is 0 Å². The van der Waals surface area contributed by atoms with Gasteiger partial charge in [0, 0.05) is 11.0 Å². The summed E-state index contributed by atoms with van der Waals surface area (Å²) < 4.78 is 0.943. The lowest BCUT2D eigenvalue weighted by Crippen LogP contribution is -2.40. The third-order valence-electron chi connectivity index (χ3n) is 4.61. The molecule has 23 heavy (non-hydrogen) atoms. The number of amides is 3. The minimum Gasteiger partial charge on any atom is -0.350 e. The number of rotatable bonds is 4. The van der Waals surface area contributed by atoms with E-state index in [-0.39, 0.29) is 36.1 Å². The van der Waals surface area contributed by atoms with Gasteiger partial charge < -0.3 is 5.32 Å². The number of nitrogens with zero attached hydrogens (tertiary/aromatic N) is 1. The Morgan fingerprint density at radius 3 is 2.43 bits per heavy atom. The van der Waals surface area contributed by atoms with Crippen LogP contribution in [0.4, 0.5) is 0 Å². The molecule has 2 aliphatic rings. The molecule has 1 aromatic carbocycles. The molecule has 2 unspecified atom stereocenters. The van der Waals surface area contributed by atoms with E-state index in [0.29, 0.717) is 6.54 Å². The summed E-state index contributed by atoms with van der Waals surface area (Å²) in [5, 5.41) is 2.77. The molecule has 5 nitrogen and oxygen atoms in total. The summed E-state index contributed by atoms with van der Waals surface area (Å²) in [6.07, 6.45) is 3.52. The number of hydrogen-bond donors (Lipinski definition) is 1. The smallest absolute Gasteiger partial charge is 0.240 e. The summed E-state index contributed by atoms with van der Waals surface area (Å²) in [5.74, 6) is -1.04. The zero-order chi connectivity index (χ0) is 16.4. The number of hydrogen-bond acceptors (Lipinski definition) is 3. The lowest BCUT2D eigenvalue weighted by atomic mass is 9.81. The monoisotopic (exact) mass is 378 g/mol. The topological polar surface area (TPSA) is 66.5 Å². The van der Waals surface area contributed by atoms with Crippen molar-refractivity contribution in [2.45, 2.75) is 32.2 Å². The average Bonchev–Trinajstić information content (AvgIpc) is 2.79. The van der Waals surface area contributed by atoms with Gasteiger partial charge in [0.05, 0.1) is 11.8 Å². The van der Waals surface area contributed by atoms with Crippen LogP contribution in [0, 0.1) is 11.8 Å². The molecule has 1 aromatic rings. The van der Waals surface area contributed by atoms with Gasteiger partial charge in [-0.25, -0.2) is 0 Å². The minimum absolute atomic E-state index is 0.168. The summed E-state index contributed by atoms with van der Waals surface area (Å²) in [6.45, 7) is 0.208. The molecule has 6 heteroatoms. The van der Waals surface area contributed by atoms with Gasteiger partial charge in [-0.1, -0.05) is 40.9 Å². The zero-order valence-corrected chi connectivity index (χ0v) is 14.3. The van der Waals surface area contributed by atoms with Gasteiger partial charge in [0.1, 0.15) is 6.54 Å². The predicted octanol–water partition coefficient (Wildman–Crippen LogP) is 2.24. The number of likely N-dealkylation sites (tertiary alicyclic amines) is 1. The fourth-order valence-corrected chi connectivity index (χ4v) is 3.88. The number of imide groups is 1. The van der Waals surface area contributed by atoms with Gasteiger partial charge in [-0.15, -0.1) is 0 Å². The van der Waals surface area contributed by atoms with Crippen LogP contribution in [-0.2, 0) is 20.9 Å². The first-order chi connectivity index (χ1) is 11.1. The molecule has 3 rings (SSSR count). The second-order valence-electron chi connectivity index (χ2n) is 6.17. The number of benzene rings is 1. The molecule has 0 spiro atoms. The summed E-state index contributed by atoms with van der Waals surface area (Å²) in [5.41, 5.74) is 0.959. The van der Waals surface area contributed by atoms with Gasteiger partial charge in [-0.2, -0.15) is 0 Å². The molecule has 0 bridgehead atoms. The lowest BCUT2D eigenvalue weighted by Gasteiger charge is -2.19. The van der Waals surface area contributed by atoms with Crippen molar-refractivity contribution in [3.05, 3.63) is 34.3 Å². The van der Waals surface area contributed by atoms with E-state index in [1.54, 1.807) is 0 Å². The van der Waals surface area contributed by atoms with Gasteiger partial charge in [-0.05, 0) is 30.5 Å². The third kappa shape index (κ3) is 3.47. The summed E-state index contributed by atoms with van der Waals surface area (Å²) in [7, 11) is 0. The van der Waals surface area contributed by atoms with Gasteiger partial charge in [0.15, 0.2) is 0 Å². The fraction of sp³-hybridized carbons (Fsp3) is 0.471. The normalized spacial score (nSPS) is 23.8. The van der Waals surface area contributed by atoms with Gasteiger partial charge in [0.25, 0.3) is 0 Å². The van der Waals surface area contributed by atoms with Gasteiger partial charge in [-0.3, -0.25) is 19.3 Å². The van der Waals surface area contributed by atoms with E-state index in [2.05, 4.69) is 21.2 Å². The maximum atomic E-state index is 12.3. The molecule has 1 N–H and O–H groups in total. The standard InChI is InChI=1S/C17H19BrN2O3/c18-12-5-3-4-11(8-12)9-19-15(21)10-20-16(22)13-6-1-2-7-14(13)17(20)23/h3-5,8,13-14H,1-2,6-7,9-10H2,(H,19,21). The van der Waals surface area contributed by atoms with Crippen LogP contribution in [0.15, 0.2) is 28.7 Å². The van der Waals surface area contributed by atoms with Crippen molar-refractivity contribution in [3.8, 4) is 0 Å². The molecule has 1 aliphatic carbocycles. The molecule has 1 aliphatic heterocycles. The van der Waals surface area contributed by atoms with E-state index < -0.39 is 0 Å². The van der Waals surface area contributed by atoms with Crippen LogP contribution in [0.5, 0.6) is 0 Å². The van der Waals surface area contributed by atoms with Crippen LogP contribution >= 0.6 is 15.9 Å². The van der Waals surface area contributed by atoms with Crippen molar-refractivity contribution in [3.63, 3.8) is 0 Å². The van der Waals surface area contributed by atoms with Crippen molar-refractivity contribution in [2.24, 2.45) is 11.8 Å². The highest BCUT2D eigenvalue weighted by Crippen LogP contribution is 2.37. The highest BCUT2D eigenvalue weighted by Gasteiger charge is 2.48. The van der Waals surface area contributed by atoms with Crippen molar-refractivity contribution in [2.75, 3.05) is 6.54 Å². The fourth-order valence-electron chi connectivity index (χ4n) is 3.43. The van der Waals surface area contributed by atoms with E-state index in [0.717, 1.165) is 40.6 Å². The van der Waals surface area contributed by atoms with Crippen molar-refractivity contribution in [1.29, 1.82) is 0 Å². The van der Waals surface area contributed by atoms with Crippen LogP contribution in [0.1, 0.15) is 31.2 Å². The molecular weight excluding hydrogens is 360 g/mol. The second-order valence-corrected chi connectivity index (χ2v) is 7.08. The number of nitrogens with one attached hydrogen (secondary N) is 1. The predicted molar refractivity (Wildman–Crippen MR) is 88.2 cm³/mol. The Hall–Kier alpha value is -1.69. The lowest BCUT2D eigenvalue weighted by molar-refractivity contribution is -0.143. The maximum absolute atomic E-state index is 12.3. The van der Waals surface area contributed by atoms with Crippen molar-refractivity contribution in [1.82, 2.24) is 10.2 Å². The van der Waals surface area contributed by atoms with E-state index >= 15 is 0 Å². The van der Waals surface area contributed by atoms with Crippen molar-refractivity contribution < 1.29 is 14.4 Å². The summed E-state index contributed by atoms with van der Waals surface area (Å²) in [6, 6.07) is 7.63.